The summed E-state index contributed by atoms with van der Waals surface area (Å²) < 4.78 is 5.75. The van der Waals surface area contributed by atoms with E-state index in [2.05, 4.69) is 11.8 Å². The highest BCUT2D eigenvalue weighted by Gasteiger charge is 1.95. The Kier molecular flexibility index (Phi) is 4.00. The third-order valence-corrected chi connectivity index (χ3v) is 2.96. The molecule has 0 spiro atoms. The molecule has 100 valence electrons. The van der Waals surface area contributed by atoms with Gasteiger partial charge in [-0.05, 0) is 48.5 Å². The molecule has 0 amide bonds. The molecular formula is C20H14O. The summed E-state index contributed by atoms with van der Waals surface area (Å²) in [6.45, 7) is 0. The van der Waals surface area contributed by atoms with E-state index in [9.17, 15) is 0 Å². The van der Waals surface area contributed by atoms with Gasteiger partial charge in [0, 0.05) is 11.1 Å². The van der Waals surface area contributed by atoms with E-state index in [1.54, 1.807) is 0 Å². The molecule has 0 N–H and O–H groups in total. The summed E-state index contributed by atoms with van der Waals surface area (Å²) in [7, 11) is 0. The minimum atomic E-state index is 0.812. The summed E-state index contributed by atoms with van der Waals surface area (Å²) in [5.41, 5.74) is 1.99. The van der Waals surface area contributed by atoms with Gasteiger partial charge in [0.15, 0.2) is 0 Å². The summed E-state index contributed by atoms with van der Waals surface area (Å²) in [6.07, 6.45) is 0. The van der Waals surface area contributed by atoms with Gasteiger partial charge in [-0.3, -0.25) is 0 Å². The molecule has 3 aromatic rings. The maximum atomic E-state index is 5.75. The molecule has 0 aliphatic rings. The monoisotopic (exact) mass is 270 g/mol. The van der Waals surface area contributed by atoms with E-state index >= 15 is 0 Å². The SMILES string of the molecule is C(#Cc1ccc(Oc2ccccc2)cc1)c1ccccc1. The van der Waals surface area contributed by atoms with Gasteiger partial charge in [0.25, 0.3) is 0 Å². The highest BCUT2D eigenvalue weighted by molar-refractivity contribution is 5.44. The molecule has 21 heavy (non-hydrogen) atoms. The molecule has 1 heteroatoms. The maximum absolute atomic E-state index is 5.75. The molecule has 0 bridgehead atoms. The Labute approximate surface area is 124 Å². The van der Waals surface area contributed by atoms with Crippen LogP contribution in [-0.2, 0) is 0 Å². The maximum Gasteiger partial charge on any atom is 0.127 e. The lowest BCUT2D eigenvalue weighted by Gasteiger charge is -2.04. The molecule has 3 rings (SSSR count). The van der Waals surface area contributed by atoms with Crippen molar-refractivity contribution in [1.29, 1.82) is 0 Å². The van der Waals surface area contributed by atoms with E-state index in [-0.39, 0.29) is 0 Å². The van der Waals surface area contributed by atoms with Crippen molar-refractivity contribution in [2.75, 3.05) is 0 Å². The van der Waals surface area contributed by atoms with Gasteiger partial charge in [0.05, 0.1) is 0 Å². The first-order valence-corrected chi connectivity index (χ1v) is 6.80. The summed E-state index contributed by atoms with van der Waals surface area (Å²) >= 11 is 0. The van der Waals surface area contributed by atoms with Crippen LogP contribution in [0.15, 0.2) is 84.9 Å². The van der Waals surface area contributed by atoms with Crippen molar-refractivity contribution in [3.8, 4) is 23.3 Å². The lowest BCUT2D eigenvalue weighted by molar-refractivity contribution is 0.482. The van der Waals surface area contributed by atoms with Crippen molar-refractivity contribution in [2.45, 2.75) is 0 Å². The van der Waals surface area contributed by atoms with Crippen LogP contribution in [0, 0.1) is 11.8 Å². The molecule has 3 aromatic carbocycles. The first-order chi connectivity index (χ1) is 10.4. The Hall–Kier alpha value is -2.98. The summed E-state index contributed by atoms with van der Waals surface area (Å²) in [6, 6.07) is 27.5. The fraction of sp³-hybridized carbons (Fsp3) is 0. The minimum absolute atomic E-state index is 0.812. The van der Waals surface area contributed by atoms with Crippen LogP contribution in [0.5, 0.6) is 11.5 Å². The van der Waals surface area contributed by atoms with E-state index in [0.29, 0.717) is 0 Å². The normalized spacial score (nSPS) is 9.52. The van der Waals surface area contributed by atoms with Crippen molar-refractivity contribution >= 4 is 0 Å². The summed E-state index contributed by atoms with van der Waals surface area (Å²) in [5.74, 6) is 7.93. The minimum Gasteiger partial charge on any atom is -0.457 e. The third-order valence-electron chi connectivity index (χ3n) is 2.96. The van der Waals surface area contributed by atoms with Gasteiger partial charge in [-0.25, -0.2) is 0 Å². The van der Waals surface area contributed by atoms with Crippen LogP contribution in [0.3, 0.4) is 0 Å². The molecule has 0 saturated carbocycles. The third kappa shape index (κ3) is 3.75. The Bertz CT molecular complexity index is 748. The van der Waals surface area contributed by atoms with Gasteiger partial charge in [0.1, 0.15) is 11.5 Å². The Morgan fingerprint density at radius 3 is 1.57 bits per heavy atom. The Balaban J connectivity index is 1.72. The Morgan fingerprint density at radius 1 is 0.476 bits per heavy atom. The Morgan fingerprint density at radius 2 is 0.952 bits per heavy atom. The van der Waals surface area contributed by atoms with Crippen LogP contribution in [0.1, 0.15) is 11.1 Å². The van der Waals surface area contributed by atoms with E-state index in [1.165, 1.54) is 0 Å². The van der Waals surface area contributed by atoms with Crippen molar-refractivity contribution in [3.63, 3.8) is 0 Å². The van der Waals surface area contributed by atoms with Crippen molar-refractivity contribution in [1.82, 2.24) is 0 Å². The van der Waals surface area contributed by atoms with E-state index in [0.717, 1.165) is 22.6 Å². The van der Waals surface area contributed by atoms with E-state index < -0.39 is 0 Å². The van der Waals surface area contributed by atoms with Gasteiger partial charge >= 0.3 is 0 Å². The number of hydrogen-bond acceptors (Lipinski definition) is 1. The fourth-order valence-electron chi connectivity index (χ4n) is 1.90. The van der Waals surface area contributed by atoms with Gasteiger partial charge in [-0.2, -0.15) is 0 Å². The number of para-hydroxylation sites is 1. The van der Waals surface area contributed by atoms with Gasteiger partial charge in [-0.15, -0.1) is 0 Å². The second kappa shape index (κ2) is 6.45. The van der Waals surface area contributed by atoms with Gasteiger partial charge < -0.3 is 4.74 Å². The lowest BCUT2D eigenvalue weighted by atomic mass is 10.2. The molecule has 0 fully saturated rings. The quantitative estimate of drug-likeness (QED) is 0.603. The lowest BCUT2D eigenvalue weighted by Crippen LogP contribution is -1.83. The molecule has 0 unspecified atom stereocenters. The van der Waals surface area contributed by atoms with Crippen LogP contribution < -0.4 is 4.74 Å². The van der Waals surface area contributed by atoms with Crippen molar-refractivity contribution in [3.05, 3.63) is 96.1 Å². The number of benzene rings is 3. The first-order valence-electron chi connectivity index (χ1n) is 6.80. The zero-order chi connectivity index (χ0) is 14.3. The van der Waals surface area contributed by atoms with E-state index in [4.69, 9.17) is 4.74 Å². The zero-order valence-corrected chi connectivity index (χ0v) is 11.5. The summed E-state index contributed by atoms with van der Waals surface area (Å²) in [4.78, 5) is 0. The summed E-state index contributed by atoms with van der Waals surface area (Å²) in [5, 5.41) is 0. The molecule has 0 aliphatic carbocycles. The average molecular weight is 270 g/mol. The molecule has 1 nitrogen and oxygen atoms in total. The van der Waals surface area contributed by atoms with E-state index in [1.807, 2.05) is 84.9 Å². The largest absolute Gasteiger partial charge is 0.457 e. The average Bonchev–Trinajstić information content (AvgIpc) is 2.56. The molecule has 0 radical (unpaired) electrons. The van der Waals surface area contributed by atoms with Gasteiger partial charge in [-0.1, -0.05) is 48.2 Å². The van der Waals surface area contributed by atoms with Gasteiger partial charge in [0.2, 0.25) is 0 Å². The van der Waals surface area contributed by atoms with Crippen LogP contribution in [0.4, 0.5) is 0 Å². The second-order valence-corrected chi connectivity index (χ2v) is 4.56. The number of rotatable bonds is 2. The molecule has 0 saturated heterocycles. The van der Waals surface area contributed by atoms with Crippen LogP contribution >= 0.6 is 0 Å². The molecule has 0 aromatic heterocycles. The van der Waals surface area contributed by atoms with Crippen LogP contribution in [0.25, 0.3) is 0 Å². The molecular weight excluding hydrogens is 256 g/mol. The topological polar surface area (TPSA) is 9.23 Å². The number of hydrogen-bond donors (Lipinski definition) is 0. The number of ether oxygens (including phenoxy) is 1. The first kappa shape index (κ1) is 13.0. The molecule has 0 atom stereocenters. The fourth-order valence-corrected chi connectivity index (χ4v) is 1.90. The smallest absolute Gasteiger partial charge is 0.127 e. The highest BCUT2D eigenvalue weighted by atomic mass is 16.5. The molecule has 0 aliphatic heterocycles. The highest BCUT2D eigenvalue weighted by Crippen LogP contribution is 2.20. The van der Waals surface area contributed by atoms with Crippen molar-refractivity contribution < 1.29 is 4.74 Å². The standard InChI is InChI=1S/C20H14O/c1-3-7-17(8-4-1)11-12-18-13-15-20(16-14-18)21-19-9-5-2-6-10-19/h1-10,13-16H. The molecule has 0 heterocycles. The zero-order valence-electron chi connectivity index (χ0n) is 11.5. The van der Waals surface area contributed by atoms with Crippen LogP contribution in [0.2, 0.25) is 0 Å². The van der Waals surface area contributed by atoms with Crippen molar-refractivity contribution in [2.24, 2.45) is 0 Å². The van der Waals surface area contributed by atoms with Crippen LogP contribution in [-0.4, -0.2) is 0 Å². The predicted octanol–water partition coefficient (Wildman–Crippen LogP) is 4.88. The predicted molar refractivity (Wildman–Crippen MR) is 85.4 cm³/mol. The second-order valence-electron chi connectivity index (χ2n) is 4.56.